The quantitative estimate of drug-likeness (QED) is 0.235. The number of aliphatic imine (C=N–C) groups is 1. The fourth-order valence-electron chi connectivity index (χ4n) is 3.21. The molecule has 0 atom stereocenters. The second kappa shape index (κ2) is 13.0. The van der Waals surface area contributed by atoms with Crippen molar-refractivity contribution in [2.45, 2.75) is 31.8 Å². The third kappa shape index (κ3) is 7.25. The Labute approximate surface area is 186 Å². The van der Waals surface area contributed by atoms with E-state index in [4.69, 9.17) is 14.5 Å². The molecule has 1 heterocycles. The first-order valence-electron chi connectivity index (χ1n) is 9.70. The molecular formula is C21H35IN4O2. The SMILES string of the molecule is C=CCOc1ccccc1CN=C(NCC)NCC1(N(C)C)CCOCC1.I. The van der Waals surface area contributed by atoms with Gasteiger partial charge in [0.1, 0.15) is 12.4 Å². The van der Waals surface area contributed by atoms with E-state index in [2.05, 4.69) is 43.1 Å². The topological polar surface area (TPSA) is 58.1 Å². The van der Waals surface area contributed by atoms with Crippen LogP contribution in [0, 0.1) is 0 Å². The van der Waals surface area contributed by atoms with Crippen molar-refractivity contribution in [2.75, 3.05) is 47.0 Å². The van der Waals surface area contributed by atoms with Gasteiger partial charge >= 0.3 is 0 Å². The summed E-state index contributed by atoms with van der Waals surface area (Å²) in [6.07, 6.45) is 3.79. The molecule has 0 spiro atoms. The molecule has 0 saturated carbocycles. The molecular weight excluding hydrogens is 467 g/mol. The van der Waals surface area contributed by atoms with Crippen LogP contribution in [0.5, 0.6) is 5.75 Å². The van der Waals surface area contributed by atoms with Crippen LogP contribution in [0.1, 0.15) is 25.3 Å². The van der Waals surface area contributed by atoms with Gasteiger partial charge in [0.25, 0.3) is 0 Å². The summed E-state index contributed by atoms with van der Waals surface area (Å²) in [5.41, 5.74) is 1.16. The van der Waals surface area contributed by atoms with E-state index >= 15 is 0 Å². The summed E-state index contributed by atoms with van der Waals surface area (Å²) in [7, 11) is 4.29. The van der Waals surface area contributed by atoms with Gasteiger partial charge in [-0.05, 0) is 39.9 Å². The van der Waals surface area contributed by atoms with Crippen LogP contribution in [0.25, 0.3) is 0 Å². The molecule has 0 unspecified atom stereocenters. The van der Waals surface area contributed by atoms with Gasteiger partial charge in [0.05, 0.1) is 6.54 Å². The van der Waals surface area contributed by atoms with Crippen LogP contribution in [0.15, 0.2) is 41.9 Å². The Kier molecular flexibility index (Phi) is 11.5. The molecule has 0 radical (unpaired) electrons. The minimum Gasteiger partial charge on any atom is -0.489 e. The highest BCUT2D eigenvalue weighted by Gasteiger charge is 2.34. The molecule has 0 amide bonds. The van der Waals surface area contributed by atoms with E-state index < -0.39 is 0 Å². The Morgan fingerprint density at radius 3 is 2.64 bits per heavy atom. The average Bonchev–Trinajstić information content (AvgIpc) is 2.69. The van der Waals surface area contributed by atoms with Crippen LogP contribution in [-0.2, 0) is 11.3 Å². The van der Waals surface area contributed by atoms with Crippen LogP contribution in [-0.4, -0.2) is 63.4 Å². The summed E-state index contributed by atoms with van der Waals surface area (Å²) in [5, 5.41) is 6.87. The first-order valence-corrected chi connectivity index (χ1v) is 9.70. The maximum absolute atomic E-state index is 5.73. The molecule has 0 aliphatic carbocycles. The number of nitrogens with one attached hydrogen (secondary N) is 2. The molecule has 2 rings (SSSR count). The lowest BCUT2D eigenvalue weighted by Gasteiger charge is -2.43. The number of hydrogen-bond acceptors (Lipinski definition) is 4. The highest BCUT2D eigenvalue weighted by molar-refractivity contribution is 14.0. The average molecular weight is 502 g/mol. The van der Waals surface area contributed by atoms with E-state index in [1.165, 1.54) is 0 Å². The van der Waals surface area contributed by atoms with Gasteiger partial charge < -0.3 is 25.0 Å². The summed E-state index contributed by atoms with van der Waals surface area (Å²) in [6, 6.07) is 8.00. The van der Waals surface area contributed by atoms with E-state index in [0.29, 0.717) is 13.2 Å². The van der Waals surface area contributed by atoms with Gasteiger partial charge in [0, 0.05) is 37.4 Å². The first kappa shape index (κ1) is 24.7. The molecule has 1 aromatic carbocycles. The molecule has 28 heavy (non-hydrogen) atoms. The maximum Gasteiger partial charge on any atom is 0.191 e. The molecule has 158 valence electrons. The maximum atomic E-state index is 5.73. The smallest absolute Gasteiger partial charge is 0.191 e. The van der Waals surface area contributed by atoms with Crippen molar-refractivity contribution < 1.29 is 9.47 Å². The zero-order valence-electron chi connectivity index (χ0n) is 17.4. The van der Waals surface area contributed by atoms with E-state index in [1.54, 1.807) is 6.08 Å². The molecule has 1 saturated heterocycles. The summed E-state index contributed by atoms with van der Waals surface area (Å²) >= 11 is 0. The Balaban J connectivity index is 0.00000392. The minimum absolute atomic E-state index is 0. The van der Waals surface area contributed by atoms with Gasteiger partial charge in [-0.2, -0.15) is 0 Å². The molecule has 0 aromatic heterocycles. The van der Waals surface area contributed by atoms with Gasteiger partial charge in [-0.3, -0.25) is 0 Å². The largest absolute Gasteiger partial charge is 0.489 e. The van der Waals surface area contributed by atoms with Crippen molar-refractivity contribution in [3.05, 3.63) is 42.5 Å². The lowest BCUT2D eigenvalue weighted by Crippen LogP contribution is -2.57. The molecule has 2 N–H and O–H groups in total. The predicted octanol–water partition coefficient (Wildman–Crippen LogP) is 3.04. The first-order chi connectivity index (χ1) is 13.1. The second-order valence-electron chi connectivity index (χ2n) is 6.99. The highest BCUT2D eigenvalue weighted by Crippen LogP contribution is 2.25. The molecule has 0 bridgehead atoms. The third-order valence-electron chi connectivity index (χ3n) is 5.04. The summed E-state index contributed by atoms with van der Waals surface area (Å²) in [6.45, 7) is 10.1. The number of rotatable bonds is 9. The standard InChI is InChI=1S/C21H34N4O2.HI/c1-5-13-27-19-10-8-7-9-18(19)16-23-20(22-6-2)24-17-21(25(3)4)11-14-26-15-12-21;/h5,7-10H,1,6,11-17H2,2-4H3,(H2,22,23,24);1H. The molecule has 1 aliphatic heterocycles. The van der Waals surface area contributed by atoms with Crippen LogP contribution < -0.4 is 15.4 Å². The normalized spacial score (nSPS) is 16.2. The number of hydrogen-bond donors (Lipinski definition) is 2. The summed E-state index contributed by atoms with van der Waals surface area (Å²) < 4.78 is 11.3. The van der Waals surface area contributed by atoms with Crippen molar-refractivity contribution in [1.82, 2.24) is 15.5 Å². The van der Waals surface area contributed by atoms with Crippen LogP contribution >= 0.6 is 24.0 Å². The number of nitrogens with zero attached hydrogens (tertiary/aromatic N) is 2. The van der Waals surface area contributed by atoms with Crippen molar-refractivity contribution in [1.29, 1.82) is 0 Å². The van der Waals surface area contributed by atoms with Gasteiger partial charge in [0.2, 0.25) is 0 Å². The van der Waals surface area contributed by atoms with Crippen LogP contribution in [0.2, 0.25) is 0 Å². The molecule has 1 fully saturated rings. The predicted molar refractivity (Wildman–Crippen MR) is 127 cm³/mol. The van der Waals surface area contributed by atoms with Gasteiger partial charge in [0.15, 0.2) is 5.96 Å². The Morgan fingerprint density at radius 2 is 2.00 bits per heavy atom. The Hall–Kier alpha value is -1.32. The van der Waals surface area contributed by atoms with Gasteiger partial charge in [-0.15, -0.1) is 24.0 Å². The number of benzene rings is 1. The summed E-state index contributed by atoms with van der Waals surface area (Å²) in [4.78, 5) is 7.08. The van der Waals surface area contributed by atoms with Crippen molar-refractivity contribution >= 4 is 29.9 Å². The van der Waals surface area contributed by atoms with E-state index in [1.807, 2.05) is 24.3 Å². The highest BCUT2D eigenvalue weighted by atomic mass is 127. The zero-order valence-corrected chi connectivity index (χ0v) is 19.7. The van der Waals surface area contributed by atoms with Gasteiger partial charge in [-0.25, -0.2) is 4.99 Å². The number of para-hydroxylation sites is 1. The molecule has 1 aromatic rings. The van der Waals surface area contributed by atoms with E-state index in [9.17, 15) is 0 Å². The number of halogens is 1. The van der Waals surface area contributed by atoms with Crippen LogP contribution in [0.3, 0.4) is 0 Å². The van der Waals surface area contributed by atoms with Crippen molar-refractivity contribution in [3.8, 4) is 5.75 Å². The zero-order chi connectivity index (χ0) is 19.5. The third-order valence-corrected chi connectivity index (χ3v) is 5.04. The van der Waals surface area contributed by atoms with E-state index in [0.717, 1.165) is 56.4 Å². The van der Waals surface area contributed by atoms with Crippen molar-refractivity contribution in [2.24, 2.45) is 4.99 Å². The Bertz CT molecular complexity index is 616. The monoisotopic (exact) mass is 502 g/mol. The Morgan fingerprint density at radius 1 is 1.29 bits per heavy atom. The number of guanidine groups is 1. The summed E-state index contributed by atoms with van der Waals surface area (Å²) in [5.74, 6) is 1.68. The second-order valence-corrected chi connectivity index (χ2v) is 6.99. The molecule has 1 aliphatic rings. The lowest BCUT2D eigenvalue weighted by molar-refractivity contribution is -0.00501. The minimum atomic E-state index is 0. The lowest BCUT2D eigenvalue weighted by atomic mass is 9.88. The molecule has 6 nitrogen and oxygen atoms in total. The molecule has 7 heteroatoms. The van der Waals surface area contributed by atoms with Gasteiger partial charge in [-0.1, -0.05) is 30.9 Å². The number of ether oxygens (including phenoxy) is 2. The van der Waals surface area contributed by atoms with Crippen molar-refractivity contribution in [3.63, 3.8) is 0 Å². The fraction of sp³-hybridized carbons (Fsp3) is 0.571. The van der Waals surface area contributed by atoms with Crippen LogP contribution in [0.4, 0.5) is 0 Å². The number of likely N-dealkylation sites (N-methyl/N-ethyl adjacent to an activating group) is 1. The fourth-order valence-corrected chi connectivity index (χ4v) is 3.21. The van der Waals surface area contributed by atoms with E-state index in [-0.39, 0.29) is 29.5 Å².